The van der Waals surface area contributed by atoms with Crippen LogP contribution in [0.4, 0.5) is 15.9 Å². The molecule has 0 saturated carbocycles. The van der Waals surface area contributed by atoms with Crippen LogP contribution in [0.2, 0.25) is 5.02 Å². The molecule has 3 aromatic rings. The van der Waals surface area contributed by atoms with Crippen molar-refractivity contribution in [3.63, 3.8) is 0 Å². The van der Waals surface area contributed by atoms with Gasteiger partial charge in [-0.25, -0.2) is 14.4 Å². The molecular weight excluding hydrogens is 575 g/mol. The van der Waals surface area contributed by atoms with Crippen LogP contribution in [0.1, 0.15) is 16.8 Å². The summed E-state index contributed by atoms with van der Waals surface area (Å²) < 4.78 is 25.2. The lowest BCUT2D eigenvalue weighted by atomic mass is 9.84. The van der Waals surface area contributed by atoms with Crippen molar-refractivity contribution >= 4 is 29.0 Å². The van der Waals surface area contributed by atoms with Gasteiger partial charge in [-0.15, -0.1) is 0 Å². The van der Waals surface area contributed by atoms with Crippen LogP contribution in [0, 0.1) is 5.82 Å². The van der Waals surface area contributed by atoms with Gasteiger partial charge in [0.15, 0.2) is 17.4 Å². The molecular formula is C27H32ClFN6O7. The number of aromatic nitrogens is 3. The van der Waals surface area contributed by atoms with E-state index in [0.717, 1.165) is 0 Å². The smallest absolute Gasteiger partial charge is 0.255 e. The number of hydrogen-bond donors (Lipinski definition) is 7. The number of carbonyl (C=O) groups is 1. The van der Waals surface area contributed by atoms with Crippen LogP contribution < -0.4 is 20.7 Å². The minimum absolute atomic E-state index is 0.0628. The second-order valence-corrected chi connectivity index (χ2v) is 9.99. The number of halogens is 2. The first kappa shape index (κ1) is 31.4. The van der Waals surface area contributed by atoms with E-state index in [9.17, 15) is 29.6 Å². The maximum atomic E-state index is 14.4. The van der Waals surface area contributed by atoms with Crippen molar-refractivity contribution in [2.45, 2.75) is 30.3 Å². The summed E-state index contributed by atoms with van der Waals surface area (Å²) in [5, 5.41) is 49.0. The van der Waals surface area contributed by atoms with E-state index in [-0.39, 0.29) is 41.7 Å². The molecule has 3 heterocycles. The summed E-state index contributed by atoms with van der Waals surface area (Å²) >= 11 is 6.02. The average molecular weight is 607 g/mol. The van der Waals surface area contributed by atoms with Crippen LogP contribution in [0.3, 0.4) is 0 Å². The molecule has 1 aliphatic rings. The van der Waals surface area contributed by atoms with Gasteiger partial charge in [-0.2, -0.15) is 0 Å². The van der Waals surface area contributed by atoms with Gasteiger partial charge in [0, 0.05) is 30.5 Å². The van der Waals surface area contributed by atoms with Crippen LogP contribution in [0.5, 0.6) is 5.75 Å². The minimum atomic E-state index is -2.05. The molecule has 0 bridgehead atoms. The summed E-state index contributed by atoms with van der Waals surface area (Å²) in [7, 11) is 1.42. The largest absolute Gasteiger partial charge is 0.491 e. The predicted octanol–water partition coefficient (Wildman–Crippen LogP) is 0.637. The number of aliphatic hydroxyl groups is 4. The predicted molar refractivity (Wildman–Crippen MR) is 150 cm³/mol. The van der Waals surface area contributed by atoms with E-state index in [1.54, 1.807) is 6.07 Å². The molecule has 4 atom stereocenters. The lowest BCUT2D eigenvalue weighted by Crippen LogP contribution is -2.65. The van der Waals surface area contributed by atoms with Crippen LogP contribution in [0.15, 0.2) is 42.9 Å². The topological polar surface area (TPSA) is 191 Å². The summed E-state index contributed by atoms with van der Waals surface area (Å²) in [5.41, 5.74) is -1.37. The van der Waals surface area contributed by atoms with Crippen molar-refractivity contribution < 1.29 is 39.1 Å². The highest BCUT2D eigenvalue weighted by Gasteiger charge is 2.50. The number of aliphatic hydroxyl groups excluding tert-OH is 3. The van der Waals surface area contributed by atoms with Crippen LogP contribution in [-0.2, 0) is 4.74 Å². The molecule has 2 aromatic heterocycles. The number of ether oxygens (including phenoxy) is 2. The third kappa shape index (κ3) is 7.10. The normalized spacial score (nSPS) is 22.0. The Morgan fingerprint density at radius 1 is 1.24 bits per heavy atom. The molecule has 42 heavy (non-hydrogen) atoms. The fourth-order valence-electron chi connectivity index (χ4n) is 4.36. The Morgan fingerprint density at radius 2 is 2.05 bits per heavy atom. The quantitative estimate of drug-likeness (QED) is 0.143. The van der Waals surface area contributed by atoms with Crippen molar-refractivity contribution in [1.29, 1.82) is 0 Å². The number of benzene rings is 1. The van der Waals surface area contributed by atoms with Crippen molar-refractivity contribution in [2.24, 2.45) is 0 Å². The van der Waals surface area contributed by atoms with Gasteiger partial charge in [0.05, 0.1) is 49.4 Å². The molecule has 1 fully saturated rings. The Kier molecular flexibility index (Phi) is 10.6. The van der Waals surface area contributed by atoms with Crippen molar-refractivity contribution in [1.82, 2.24) is 25.6 Å². The zero-order chi connectivity index (χ0) is 30.3. The Labute approximate surface area is 245 Å². The molecule has 0 aliphatic carbocycles. The molecule has 1 aliphatic heterocycles. The number of hydrogen-bond acceptors (Lipinski definition) is 12. The minimum Gasteiger partial charge on any atom is -0.491 e. The van der Waals surface area contributed by atoms with E-state index in [2.05, 4.69) is 30.9 Å². The maximum Gasteiger partial charge on any atom is 0.255 e. The number of anilines is 2. The van der Waals surface area contributed by atoms with Gasteiger partial charge in [-0.3, -0.25) is 9.78 Å². The second-order valence-electron chi connectivity index (χ2n) is 9.56. The van der Waals surface area contributed by atoms with Crippen LogP contribution in [0.25, 0.3) is 11.4 Å². The fraction of sp³-hybridized carbons (Fsp3) is 0.407. The van der Waals surface area contributed by atoms with Gasteiger partial charge in [0.2, 0.25) is 0 Å². The lowest BCUT2D eigenvalue weighted by molar-refractivity contribution is -0.253. The number of carbonyl (C=O) groups excluding carboxylic acids is 1. The number of nitrogens with one attached hydrogen (secondary N) is 3. The number of pyridine rings is 1. The van der Waals surface area contributed by atoms with E-state index in [1.165, 1.54) is 43.9 Å². The Bertz CT molecular complexity index is 1390. The highest BCUT2D eigenvalue weighted by atomic mass is 35.5. The highest BCUT2D eigenvalue weighted by Crippen LogP contribution is 2.31. The number of rotatable bonds is 12. The SMILES string of the molecule is COc1cnc(-c2cc(Cl)ccc2F)nc1Nc1ccncc1C(=O)NCCNCCC1OCC(O)C(O)(CO)C1O. The Morgan fingerprint density at radius 3 is 2.81 bits per heavy atom. The van der Waals surface area contributed by atoms with Gasteiger partial charge < -0.3 is 45.9 Å². The standard InChI is InChI=1S/C27H32ClFN6O7/c1-41-21-12-33-24(16-10-15(28)2-3-18(16)29)35-25(21)34-19-4-6-31-11-17(19)26(39)32-9-8-30-7-5-20-23(38)27(40,14-36)22(37)13-42-20/h2-4,6,10-12,20,22-23,30,36-38,40H,5,7-9,13-14H2,1H3,(H,32,39)(H,31,33,34,35). The first-order chi connectivity index (χ1) is 20.2. The van der Waals surface area contributed by atoms with E-state index in [0.29, 0.717) is 30.2 Å². The molecule has 226 valence electrons. The Balaban J connectivity index is 1.34. The van der Waals surface area contributed by atoms with Gasteiger partial charge in [0.25, 0.3) is 5.91 Å². The van der Waals surface area contributed by atoms with Crippen molar-refractivity contribution in [2.75, 3.05) is 45.3 Å². The molecule has 1 aromatic carbocycles. The fourth-order valence-corrected chi connectivity index (χ4v) is 4.53. The number of methoxy groups -OCH3 is 1. The zero-order valence-corrected chi connectivity index (χ0v) is 23.4. The van der Waals surface area contributed by atoms with E-state index >= 15 is 0 Å². The first-order valence-corrected chi connectivity index (χ1v) is 13.4. The van der Waals surface area contributed by atoms with Crippen LogP contribution in [-0.4, -0.2) is 105 Å². The van der Waals surface area contributed by atoms with Crippen molar-refractivity contribution in [3.8, 4) is 17.1 Å². The highest BCUT2D eigenvalue weighted by molar-refractivity contribution is 6.30. The molecule has 1 amide bonds. The third-order valence-electron chi connectivity index (χ3n) is 6.82. The number of nitrogens with zero attached hydrogens (tertiary/aromatic N) is 3. The molecule has 1 saturated heterocycles. The molecule has 0 spiro atoms. The number of amides is 1. The van der Waals surface area contributed by atoms with E-state index in [4.69, 9.17) is 21.1 Å². The molecule has 4 rings (SSSR count). The van der Waals surface area contributed by atoms with Gasteiger partial charge in [0.1, 0.15) is 23.6 Å². The summed E-state index contributed by atoms with van der Waals surface area (Å²) in [5.74, 6) is -0.465. The lowest BCUT2D eigenvalue weighted by Gasteiger charge is -2.43. The summed E-state index contributed by atoms with van der Waals surface area (Å²) in [4.78, 5) is 25.6. The zero-order valence-electron chi connectivity index (χ0n) is 22.6. The first-order valence-electron chi connectivity index (χ1n) is 13.0. The maximum absolute atomic E-state index is 14.4. The van der Waals surface area contributed by atoms with Crippen molar-refractivity contribution in [3.05, 3.63) is 59.3 Å². The molecule has 13 nitrogen and oxygen atoms in total. The average Bonchev–Trinajstić information content (AvgIpc) is 3.00. The Hall–Kier alpha value is -3.50. The molecule has 15 heteroatoms. The molecule has 7 N–H and O–H groups in total. The summed E-state index contributed by atoms with van der Waals surface area (Å²) in [6, 6.07) is 5.62. The van der Waals surface area contributed by atoms with E-state index in [1.807, 2.05) is 0 Å². The van der Waals surface area contributed by atoms with Gasteiger partial charge in [-0.1, -0.05) is 11.6 Å². The van der Waals surface area contributed by atoms with Crippen LogP contribution >= 0.6 is 11.6 Å². The summed E-state index contributed by atoms with van der Waals surface area (Å²) in [6.45, 7) is -0.0201. The second kappa shape index (κ2) is 14.1. The summed E-state index contributed by atoms with van der Waals surface area (Å²) in [6.07, 6.45) is 0.903. The van der Waals surface area contributed by atoms with Gasteiger partial charge in [-0.05, 0) is 37.2 Å². The monoisotopic (exact) mass is 606 g/mol. The van der Waals surface area contributed by atoms with E-state index < -0.39 is 42.2 Å². The van der Waals surface area contributed by atoms with Gasteiger partial charge >= 0.3 is 0 Å². The molecule has 4 unspecified atom stereocenters. The third-order valence-corrected chi connectivity index (χ3v) is 7.05. The molecule has 0 radical (unpaired) electrons.